The van der Waals surface area contributed by atoms with Crippen molar-refractivity contribution >= 4 is 16.0 Å². The molecule has 4 fully saturated rings. The van der Waals surface area contributed by atoms with Crippen molar-refractivity contribution in [1.82, 2.24) is 5.32 Å². The first-order chi connectivity index (χ1) is 15.8. The van der Waals surface area contributed by atoms with Gasteiger partial charge in [0.1, 0.15) is 0 Å². The lowest BCUT2D eigenvalue weighted by atomic mass is 9.43. The number of aliphatic hydroxyl groups excluding tert-OH is 2. The number of carbonyl (C=O) groups is 1. The van der Waals surface area contributed by atoms with Gasteiger partial charge in [0.15, 0.2) is 0 Å². The number of carbonyl (C=O) groups excluding carboxylic acids is 1. The molecule has 0 heterocycles. The van der Waals surface area contributed by atoms with E-state index < -0.39 is 15.9 Å². The van der Waals surface area contributed by atoms with Gasteiger partial charge in [0.2, 0.25) is 5.91 Å². The van der Waals surface area contributed by atoms with Crippen LogP contribution in [0.25, 0.3) is 0 Å². The molecule has 34 heavy (non-hydrogen) atoms. The van der Waals surface area contributed by atoms with Crippen LogP contribution in [0, 0.1) is 46.3 Å². The second-order valence-electron chi connectivity index (χ2n) is 12.6. The van der Waals surface area contributed by atoms with Crippen molar-refractivity contribution in [3.63, 3.8) is 0 Å². The van der Waals surface area contributed by atoms with E-state index in [0.717, 1.165) is 51.4 Å². The molecular formula is C26H44NO6S-. The zero-order valence-electron chi connectivity index (χ0n) is 21.0. The van der Waals surface area contributed by atoms with E-state index in [9.17, 15) is 28.0 Å². The first kappa shape index (κ1) is 26.4. The van der Waals surface area contributed by atoms with E-state index in [-0.39, 0.29) is 35.5 Å². The summed E-state index contributed by atoms with van der Waals surface area (Å²) in [4.78, 5) is 12.2. The molecule has 0 aromatic rings. The van der Waals surface area contributed by atoms with Gasteiger partial charge in [-0.3, -0.25) is 4.79 Å². The van der Waals surface area contributed by atoms with Crippen molar-refractivity contribution in [1.29, 1.82) is 0 Å². The summed E-state index contributed by atoms with van der Waals surface area (Å²) < 4.78 is 32.2. The number of rotatable bonds is 7. The molecule has 0 radical (unpaired) electrons. The van der Waals surface area contributed by atoms with Crippen LogP contribution < -0.4 is 5.32 Å². The number of hydrogen-bond donors (Lipinski definition) is 3. The van der Waals surface area contributed by atoms with Crippen molar-refractivity contribution in [2.75, 3.05) is 12.3 Å². The van der Waals surface area contributed by atoms with Crippen LogP contribution in [0.1, 0.15) is 85.0 Å². The second-order valence-corrected chi connectivity index (χ2v) is 14.1. The van der Waals surface area contributed by atoms with Crippen LogP contribution in [0.4, 0.5) is 0 Å². The molecule has 4 aliphatic rings. The van der Waals surface area contributed by atoms with Gasteiger partial charge in [-0.15, -0.1) is 0 Å². The van der Waals surface area contributed by atoms with Crippen molar-refractivity contribution in [3.8, 4) is 0 Å². The standard InChI is InChI=1S/C26H45NO6S/c1-16(4-7-23(30)27-12-13-34(31,32)33)19-5-6-20-24-21(9-11-26(19,20)3)25(2)10-8-18(28)14-17(25)15-22(24)29/h16-22,24,28-29H,4-15H2,1-3H3,(H,27,30)(H,31,32,33)/p-1/t16-,17+,18-,19-,20+,21+,22+,24+,25+,26-/m1/s1. The van der Waals surface area contributed by atoms with Crippen molar-refractivity contribution in [2.45, 2.75) is 97.2 Å². The molecule has 0 unspecified atom stereocenters. The monoisotopic (exact) mass is 498 g/mol. The van der Waals surface area contributed by atoms with Gasteiger partial charge in [0.05, 0.1) is 28.1 Å². The van der Waals surface area contributed by atoms with E-state index in [1.165, 1.54) is 6.42 Å². The molecule has 8 heteroatoms. The van der Waals surface area contributed by atoms with Gasteiger partial charge < -0.3 is 20.1 Å². The smallest absolute Gasteiger partial charge is 0.220 e. The lowest BCUT2D eigenvalue weighted by molar-refractivity contribution is -0.174. The molecule has 7 nitrogen and oxygen atoms in total. The SMILES string of the molecule is C[C@H](CCC(=O)NCCS(=O)(=O)[O-])[C@H]1CC[C@H]2[C@@H]3[C@@H](O)C[C@@H]4C[C@H](O)CC[C@]4(C)[C@H]3CC[C@]12C. The Hall–Kier alpha value is -0.700. The Labute approximate surface area is 205 Å². The molecule has 1 amide bonds. The molecular weight excluding hydrogens is 454 g/mol. The average Bonchev–Trinajstić information content (AvgIpc) is 3.09. The molecule has 0 aromatic carbocycles. The second kappa shape index (κ2) is 9.64. The van der Waals surface area contributed by atoms with Crippen molar-refractivity contribution in [3.05, 3.63) is 0 Å². The number of amides is 1. The highest BCUT2D eigenvalue weighted by molar-refractivity contribution is 7.85. The maximum Gasteiger partial charge on any atom is 0.220 e. The van der Waals surface area contributed by atoms with E-state index in [2.05, 4.69) is 26.1 Å². The molecule has 3 N–H and O–H groups in total. The van der Waals surface area contributed by atoms with Crippen LogP contribution in [0.3, 0.4) is 0 Å². The summed E-state index contributed by atoms with van der Waals surface area (Å²) in [6, 6.07) is 0. The van der Waals surface area contributed by atoms with Gasteiger partial charge in [0.25, 0.3) is 0 Å². The van der Waals surface area contributed by atoms with E-state index in [4.69, 9.17) is 0 Å². The molecule has 0 saturated heterocycles. The topological polar surface area (TPSA) is 127 Å². The van der Waals surface area contributed by atoms with E-state index in [1.54, 1.807) is 0 Å². The highest BCUT2D eigenvalue weighted by atomic mass is 32.2. The summed E-state index contributed by atoms with van der Waals surface area (Å²) >= 11 is 0. The molecule has 4 aliphatic carbocycles. The predicted octanol–water partition coefficient (Wildman–Crippen LogP) is 3.05. The minimum atomic E-state index is -4.31. The third-order valence-electron chi connectivity index (χ3n) is 10.9. The fourth-order valence-electron chi connectivity index (χ4n) is 9.14. The molecule has 4 saturated carbocycles. The Bertz CT molecular complexity index is 863. The predicted molar refractivity (Wildman–Crippen MR) is 129 cm³/mol. The number of hydrogen-bond acceptors (Lipinski definition) is 6. The zero-order chi connectivity index (χ0) is 24.9. The van der Waals surface area contributed by atoms with Gasteiger partial charge in [-0.05, 0) is 104 Å². The molecule has 0 aromatic heterocycles. The van der Waals surface area contributed by atoms with E-state index >= 15 is 0 Å². The lowest BCUT2D eigenvalue weighted by Crippen LogP contribution is -2.58. The van der Waals surface area contributed by atoms with Gasteiger partial charge in [-0.1, -0.05) is 20.8 Å². The Morgan fingerprint density at radius 1 is 1.06 bits per heavy atom. The lowest BCUT2D eigenvalue weighted by Gasteiger charge is -2.62. The summed E-state index contributed by atoms with van der Waals surface area (Å²) in [5.74, 6) is 1.92. The van der Waals surface area contributed by atoms with E-state index in [1.807, 2.05) is 0 Å². The minimum Gasteiger partial charge on any atom is -0.748 e. The first-order valence-electron chi connectivity index (χ1n) is 13.4. The maximum atomic E-state index is 12.2. The molecule has 4 rings (SSSR count). The quantitative estimate of drug-likeness (QED) is 0.463. The summed E-state index contributed by atoms with van der Waals surface area (Å²) in [6.45, 7) is 6.96. The van der Waals surface area contributed by atoms with Gasteiger partial charge >= 0.3 is 0 Å². The fourth-order valence-corrected chi connectivity index (χ4v) is 9.49. The molecule has 196 valence electrons. The summed E-state index contributed by atoms with van der Waals surface area (Å²) in [5, 5.41) is 24.2. The Balaban J connectivity index is 1.39. The molecule has 0 aliphatic heterocycles. The van der Waals surface area contributed by atoms with Crippen LogP contribution in [0.15, 0.2) is 0 Å². The maximum absolute atomic E-state index is 12.2. The van der Waals surface area contributed by atoms with Crippen LogP contribution in [-0.4, -0.2) is 53.6 Å². The Kier molecular flexibility index (Phi) is 7.47. The molecule has 0 spiro atoms. The normalized spacial score (nSPS) is 45.1. The third kappa shape index (κ3) is 4.94. The third-order valence-corrected chi connectivity index (χ3v) is 11.6. The van der Waals surface area contributed by atoms with Crippen LogP contribution >= 0.6 is 0 Å². The largest absolute Gasteiger partial charge is 0.748 e. The summed E-state index contributed by atoms with van der Waals surface area (Å²) in [6.07, 6.45) is 8.78. The average molecular weight is 499 g/mol. The first-order valence-corrected chi connectivity index (χ1v) is 15.0. The fraction of sp³-hybridized carbons (Fsp3) is 0.962. The molecule has 10 atom stereocenters. The Morgan fingerprint density at radius 3 is 2.44 bits per heavy atom. The van der Waals surface area contributed by atoms with Crippen LogP contribution in [0.2, 0.25) is 0 Å². The van der Waals surface area contributed by atoms with Gasteiger partial charge in [-0.25, -0.2) is 8.42 Å². The van der Waals surface area contributed by atoms with Gasteiger partial charge in [-0.2, -0.15) is 0 Å². The summed E-state index contributed by atoms with van der Waals surface area (Å²) in [7, 11) is -4.31. The van der Waals surface area contributed by atoms with Gasteiger partial charge in [0, 0.05) is 13.0 Å². The number of aliphatic hydroxyl groups is 2. The molecule has 0 bridgehead atoms. The van der Waals surface area contributed by atoms with Crippen molar-refractivity contribution in [2.24, 2.45) is 46.3 Å². The van der Waals surface area contributed by atoms with E-state index in [0.29, 0.717) is 41.9 Å². The number of fused-ring (bicyclic) bond motifs is 5. The summed E-state index contributed by atoms with van der Waals surface area (Å²) in [5.41, 5.74) is 0.399. The highest BCUT2D eigenvalue weighted by Gasteiger charge is 2.62. The Morgan fingerprint density at radius 2 is 1.74 bits per heavy atom. The zero-order valence-corrected chi connectivity index (χ0v) is 21.9. The highest BCUT2D eigenvalue weighted by Crippen LogP contribution is 2.68. The van der Waals surface area contributed by atoms with Crippen LogP contribution in [0.5, 0.6) is 0 Å². The minimum absolute atomic E-state index is 0.125. The number of nitrogens with one attached hydrogen (secondary N) is 1. The van der Waals surface area contributed by atoms with Crippen LogP contribution in [-0.2, 0) is 14.9 Å². The van der Waals surface area contributed by atoms with Crippen molar-refractivity contribution < 1.29 is 28.0 Å².